The summed E-state index contributed by atoms with van der Waals surface area (Å²) in [5.74, 6) is 0.830. The average molecular weight is 254 g/mol. The Labute approximate surface area is 110 Å². The monoisotopic (exact) mass is 254 g/mol. The van der Waals surface area contributed by atoms with Gasteiger partial charge in [0.2, 0.25) is 0 Å². The number of anilines is 1. The van der Waals surface area contributed by atoms with Crippen molar-refractivity contribution in [1.82, 2.24) is 25.2 Å². The molecule has 0 radical (unpaired) electrons. The summed E-state index contributed by atoms with van der Waals surface area (Å²) in [5, 5.41) is 21.3. The first kappa shape index (κ1) is 11.6. The van der Waals surface area contributed by atoms with Crippen molar-refractivity contribution < 1.29 is 0 Å². The molecule has 6 nitrogen and oxygen atoms in total. The number of hydrogen-bond donors (Lipinski definition) is 1. The molecule has 0 aliphatic rings. The third-order valence-electron chi connectivity index (χ3n) is 2.90. The van der Waals surface area contributed by atoms with Gasteiger partial charge in [-0.3, -0.25) is 4.68 Å². The van der Waals surface area contributed by atoms with E-state index in [4.69, 9.17) is 0 Å². The number of fused-ring (bicyclic) bond motifs is 1. The number of aryl methyl sites for hydroxylation is 1. The Kier molecular flexibility index (Phi) is 3.31. The van der Waals surface area contributed by atoms with Crippen LogP contribution in [0.4, 0.5) is 5.82 Å². The van der Waals surface area contributed by atoms with Crippen molar-refractivity contribution in [2.75, 3.05) is 11.9 Å². The Morgan fingerprint density at radius 1 is 1.16 bits per heavy atom. The molecule has 1 N–H and O–H groups in total. The fourth-order valence-electron chi connectivity index (χ4n) is 1.96. The summed E-state index contributed by atoms with van der Waals surface area (Å²) >= 11 is 0. The lowest BCUT2D eigenvalue weighted by atomic mass is 10.2. The van der Waals surface area contributed by atoms with Gasteiger partial charge in [0.05, 0.1) is 12.4 Å². The second kappa shape index (κ2) is 5.43. The first-order valence-electron chi connectivity index (χ1n) is 6.22. The van der Waals surface area contributed by atoms with E-state index in [0.29, 0.717) is 0 Å². The molecule has 0 atom stereocenters. The average Bonchev–Trinajstić information content (AvgIpc) is 2.97. The van der Waals surface area contributed by atoms with Gasteiger partial charge in [0.25, 0.3) is 0 Å². The molecule has 0 saturated heterocycles. The summed E-state index contributed by atoms with van der Waals surface area (Å²) in [5.41, 5.74) is 0. The van der Waals surface area contributed by atoms with E-state index < -0.39 is 0 Å². The largest absolute Gasteiger partial charge is 0.368 e. The Morgan fingerprint density at radius 3 is 3.00 bits per heavy atom. The minimum atomic E-state index is 0.822. The predicted octanol–water partition coefficient (Wildman–Crippen LogP) is 1.72. The Hall–Kier alpha value is -2.50. The van der Waals surface area contributed by atoms with Crippen LogP contribution in [0.15, 0.2) is 42.9 Å². The van der Waals surface area contributed by atoms with E-state index in [9.17, 15) is 0 Å². The molecule has 0 bridgehead atoms. The van der Waals surface area contributed by atoms with E-state index in [1.54, 1.807) is 12.4 Å². The molecule has 0 spiro atoms. The molecule has 0 saturated carbocycles. The van der Waals surface area contributed by atoms with Gasteiger partial charge in [-0.05, 0) is 6.42 Å². The van der Waals surface area contributed by atoms with Crippen molar-refractivity contribution in [3.05, 3.63) is 42.9 Å². The van der Waals surface area contributed by atoms with E-state index in [-0.39, 0.29) is 0 Å². The molecule has 96 valence electrons. The third-order valence-corrected chi connectivity index (χ3v) is 2.90. The molecular weight excluding hydrogens is 240 g/mol. The fraction of sp³-hybridized carbons (Fsp3) is 0.231. The minimum absolute atomic E-state index is 0.822. The van der Waals surface area contributed by atoms with Gasteiger partial charge in [0.15, 0.2) is 5.82 Å². The van der Waals surface area contributed by atoms with Gasteiger partial charge in [-0.1, -0.05) is 29.5 Å². The van der Waals surface area contributed by atoms with Crippen molar-refractivity contribution in [1.29, 1.82) is 0 Å². The van der Waals surface area contributed by atoms with Crippen LogP contribution in [0.3, 0.4) is 0 Å². The van der Waals surface area contributed by atoms with E-state index in [1.165, 1.54) is 0 Å². The highest BCUT2D eigenvalue weighted by molar-refractivity contribution is 5.90. The molecule has 19 heavy (non-hydrogen) atoms. The van der Waals surface area contributed by atoms with E-state index in [0.717, 1.165) is 36.1 Å². The Morgan fingerprint density at radius 2 is 2.11 bits per heavy atom. The lowest BCUT2D eigenvalue weighted by molar-refractivity contribution is 0.569. The zero-order valence-corrected chi connectivity index (χ0v) is 10.4. The maximum atomic E-state index is 4.15. The Balaban J connectivity index is 1.62. The lowest BCUT2D eigenvalue weighted by Crippen LogP contribution is -2.09. The van der Waals surface area contributed by atoms with E-state index in [1.807, 2.05) is 35.1 Å². The van der Waals surface area contributed by atoms with Gasteiger partial charge < -0.3 is 5.32 Å². The molecular formula is C13H14N6. The number of benzene rings is 1. The fourth-order valence-corrected chi connectivity index (χ4v) is 1.96. The molecule has 0 unspecified atom stereocenters. The van der Waals surface area contributed by atoms with Crippen molar-refractivity contribution in [2.24, 2.45) is 0 Å². The van der Waals surface area contributed by atoms with Crippen molar-refractivity contribution >= 4 is 16.6 Å². The van der Waals surface area contributed by atoms with Gasteiger partial charge in [0.1, 0.15) is 0 Å². The first-order chi connectivity index (χ1) is 9.43. The molecule has 1 aromatic carbocycles. The summed E-state index contributed by atoms with van der Waals surface area (Å²) < 4.78 is 1.82. The summed E-state index contributed by atoms with van der Waals surface area (Å²) in [4.78, 5) is 0. The van der Waals surface area contributed by atoms with Gasteiger partial charge in [-0.15, -0.1) is 10.2 Å². The molecule has 2 aromatic heterocycles. The van der Waals surface area contributed by atoms with Gasteiger partial charge in [-0.25, -0.2) is 0 Å². The predicted molar refractivity (Wildman–Crippen MR) is 72.7 cm³/mol. The lowest BCUT2D eigenvalue weighted by Gasteiger charge is -2.07. The van der Waals surface area contributed by atoms with Crippen LogP contribution in [-0.2, 0) is 6.54 Å². The third kappa shape index (κ3) is 2.67. The zero-order valence-electron chi connectivity index (χ0n) is 10.4. The van der Waals surface area contributed by atoms with Crippen LogP contribution in [0.5, 0.6) is 0 Å². The summed E-state index contributed by atoms with van der Waals surface area (Å²) in [6.45, 7) is 1.66. The van der Waals surface area contributed by atoms with Crippen LogP contribution in [0.25, 0.3) is 10.8 Å². The number of rotatable bonds is 5. The SMILES string of the molecule is c1ccc2c(NCCCn3ccnn3)nncc2c1. The molecule has 0 aliphatic carbocycles. The topological polar surface area (TPSA) is 68.5 Å². The van der Waals surface area contributed by atoms with Crippen LogP contribution in [0, 0.1) is 0 Å². The second-order valence-electron chi connectivity index (χ2n) is 4.23. The minimum Gasteiger partial charge on any atom is -0.368 e. The number of aromatic nitrogens is 5. The molecule has 2 heterocycles. The number of nitrogens with one attached hydrogen (secondary N) is 1. The summed E-state index contributed by atoms with van der Waals surface area (Å²) in [7, 11) is 0. The highest BCUT2D eigenvalue weighted by Crippen LogP contribution is 2.18. The molecule has 3 rings (SSSR count). The standard InChI is InChI=1S/C13H14N6/c1-2-5-12-11(4-1)10-16-17-13(12)14-6-3-8-19-9-7-15-18-19/h1-2,4-5,7,9-10H,3,6,8H2,(H,14,17). The zero-order chi connectivity index (χ0) is 12.9. The maximum Gasteiger partial charge on any atom is 0.156 e. The van der Waals surface area contributed by atoms with Crippen LogP contribution in [0.2, 0.25) is 0 Å². The first-order valence-corrected chi connectivity index (χ1v) is 6.22. The molecule has 0 aliphatic heterocycles. The number of hydrogen-bond acceptors (Lipinski definition) is 5. The molecule has 0 fully saturated rings. The van der Waals surface area contributed by atoms with Gasteiger partial charge in [-0.2, -0.15) is 5.10 Å². The molecule has 3 aromatic rings. The second-order valence-corrected chi connectivity index (χ2v) is 4.23. The summed E-state index contributed by atoms with van der Waals surface area (Å²) in [6.07, 6.45) is 6.27. The van der Waals surface area contributed by atoms with Gasteiger partial charge in [0, 0.05) is 30.1 Å². The Bertz CT molecular complexity index is 644. The molecule has 0 amide bonds. The van der Waals surface area contributed by atoms with Crippen molar-refractivity contribution in [2.45, 2.75) is 13.0 Å². The van der Waals surface area contributed by atoms with Crippen LogP contribution in [0.1, 0.15) is 6.42 Å². The highest BCUT2D eigenvalue weighted by atomic mass is 15.4. The quantitative estimate of drug-likeness (QED) is 0.702. The van der Waals surface area contributed by atoms with Crippen LogP contribution in [-0.4, -0.2) is 31.7 Å². The molecule has 6 heteroatoms. The van der Waals surface area contributed by atoms with Crippen molar-refractivity contribution in [3.8, 4) is 0 Å². The smallest absolute Gasteiger partial charge is 0.156 e. The van der Waals surface area contributed by atoms with Gasteiger partial charge >= 0.3 is 0 Å². The van der Waals surface area contributed by atoms with E-state index in [2.05, 4.69) is 25.8 Å². The maximum absolute atomic E-state index is 4.15. The normalized spacial score (nSPS) is 10.7. The highest BCUT2D eigenvalue weighted by Gasteiger charge is 2.01. The van der Waals surface area contributed by atoms with E-state index >= 15 is 0 Å². The van der Waals surface area contributed by atoms with Crippen LogP contribution < -0.4 is 5.32 Å². The van der Waals surface area contributed by atoms with Crippen LogP contribution >= 0.6 is 0 Å². The number of nitrogens with zero attached hydrogens (tertiary/aromatic N) is 5. The summed E-state index contributed by atoms with van der Waals surface area (Å²) in [6, 6.07) is 8.08. The van der Waals surface area contributed by atoms with Crippen molar-refractivity contribution in [3.63, 3.8) is 0 Å².